The molecular formula is C17H18N2O. The molecule has 0 aliphatic carbocycles. The molecule has 3 heteroatoms. The highest BCUT2D eigenvalue weighted by Crippen LogP contribution is 2.22. The Morgan fingerprint density at radius 3 is 2.85 bits per heavy atom. The first-order chi connectivity index (χ1) is 9.92. The van der Waals surface area contributed by atoms with Crippen molar-refractivity contribution in [2.24, 2.45) is 0 Å². The van der Waals surface area contributed by atoms with Gasteiger partial charge in [-0.15, -0.1) is 0 Å². The summed E-state index contributed by atoms with van der Waals surface area (Å²) in [6.45, 7) is 2.54. The van der Waals surface area contributed by atoms with Crippen molar-refractivity contribution in [2.75, 3.05) is 13.1 Å². The van der Waals surface area contributed by atoms with Crippen LogP contribution in [0.5, 0.6) is 5.75 Å². The number of hydrogen-bond donors (Lipinski definition) is 1. The number of pyridine rings is 1. The van der Waals surface area contributed by atoms with Gasteiger partial charge in [0.1, 0.15) is 12.4 Å². The normalized spacial score (nSPS) is 14.7. The Labute approximate surface area is 119 Å². The minimum Gasteiger partial charge on any atom is -0.487 e. The highest BCUT2D eigenvalue weighted by Gasteiger charge is 2.07. The standard InChI is InChI=1S/C17H18N2O/c1-2-4-14(5-3-1)13-20-17-10-16(11-19-12-17)15-6-8-18-9-7-15/h1-6,10-12,18H,7-9,13H2. The molecule has 1 aromatic heterocycles. The molecule has 0 spiro atoms. The Bertz CT molecular complexity index is 593. The summed E-state index contributed by atoms with van der Waals surface area (Å²) in [4.78, 5) is 4.29. The Morgan fingerprint density at radius 1 is 1.15 bits per heavy atom. The predicted molar refractivity (Wildman–Crippen MR) is 80.5 cm³/mol. The van der Waals surface area contributed by atoms with E-state index >= 15 is 0 Å². The molecule has 1 aliphatic heterocycles. The van der Waals surface area contributed by atoms with Gasteiger partial charge in [-0.25, -0.2) is 0 Å². The molecule has 20 heavy (non-hydrogen) atoms. The summed E-state index contributed by atoms with van der Waals surface area (Å²) in [5.74, 6) is 0.825. The largest absolute Gasteiger partial charge is 0.487 e. The first kappa shape index (κ1) is 12.9. The zero-order chi connectivity index (χ0) is 13.6. The van der Waals surface area contributed by atoms with E-state index in [9.17, 15) is 0 Å². The number of nitrogens with one attached hydrogen (secondary N) is 1. The Balaban J connectivity index is 1.70. The van der Waals surface area contributed by atoms with Crippen LogP contribution in [0.2, 0.25) is 0 Å². The molecule has 0 unspecified atom stereocenters. The van der Waals surface area contributed by atoms with Crippen LogP contribution >= 0.6 is 0 Å². The summed E-state index contributed by atoms with van der Waals surface area (Å²) in [5, 5.41) is 3.32. The molecule has 1 aliphatic rings. The summed E-state index contributed by atoms with van der Waals surface area (Å²) in [6.07, 6.45) is 6.95. The van der Waals surface area contributed by atoms with E-state index in [1.807, 2.05) is 24.4 Å². The first-order valence-electron chi connectivity index (χ1n) is 6.94. The second-order valence-electron chi connectivity index (χ2n) is 4.87. The number of nitrogens with zero attached hydrogens (tertiary/aromatic N) is 1. The molecule has 0 radical (unpaired) electrons. The molecule has 2 heterocycles. The van der Waals surface area contributed by atoms with E-state index in [-0.39, 0.29) is 0 Å². The van der Waals surface area contributed by atoms with Crippen LogP contribution in [0.1, 0.15) is 17.5 Å². The van der Waals surface area contributed by atoms with Crippen LogP contribution in [0.25, 0.3) is 5.57 Å². The molecule has 3 nitrogen and oxygen atoms in total. The van der Waals surface area contributed by atoms with Crippen LogP contribution < -0.4 is 10.1 Å². The fourth-order valence-corrected chi connectivity index (χ4v) is 2.30. The zero-order valence-electron chi connectivity index (χ0n) is 11.4. The molecule has 0 bridgehead atoms. The third-order valence-corrected chi connectivity index (χ3v) is 3.40. The fraction of sp³-hybridized carbons (Fsp3) is 0.235. The van der Waals surface area contributed by atoms with E-state index in [1.165, 1.54) is 11.1 Å². The van der Waals surface area contributed by atoms with Crippen molar-refractivity contribution in [3.05, 3.63) is 66.0 Å². The van der Waals surface area contributed by atoms with Gasteiger partial charge < -0.3 is 10.1 Å². The van der Waals surface area contributed by atoms with E-state index < -0.39 is 0 Å². The van der Waals surface area contributed by atoms with Gasteiger partial charge in [-0.3, -0.25) is 4.98 Å². The molecule has 102 valence electrons. The lowest BCUT2D eigenvalue weighted by Gasteiger charge is -2.14. The lowest BCUT2D eigenvalue weighted by atomic mass is 10.0. The van der Waals surface area contributed by atoms with Crippen LogP contribution in [0.4, 0.5) is 0 Å². The summed E-state index contributed by atoms with van der Waals surface area (Å²) < 4.78 is 5.82. The average Bonchev–Trinajstić information content (AvgIpc) is 2.55. The number of ether oxygens (including phenoxy) is 1. The van der Waals surface area contributed by atoms with E-state index in [2.05, 4.69) is 34.6 Å². The maximum atomic E-state index is 5.82. The fourth-order valence-electron chi connectivity index (χ4n) is 2.30. The molecule has 3 rings (SSSR count). The second-order valence-corrected chi connectivity index (χ2v) is 4.87. The lowest BCUT2D eigenvalue weighted by Crippen LogP contribution is -2.20. The molecule has 1 N–H and O–H groups in total. The zero-order valence-corrected chi connectivity index (χ0v) is 11.4. The molecule has 2 aromatic rings. The van der Waals surface area contributed by atoms with Gasteiger partial charge in [-0.05, 0) is 35.7 Å². The maximum absolute atomic E-state index is 5.82. The van der Waals surface area contributed by atoms with Crippen LogP contribution in [-0.2, 0) is 6.61 Å². The molecule has 1 aromatic carbocycles. The third-order valence-electron chi connectivity index (χ3n) is 3.40. The van der Waals surface area contributed by atoms with Gasteiger partial charge in [0.15, 0.2) is 0 Å². The van der Waals surface area contributed by atoms with Crippen molar-refractivity contribution in [2.45, 2.75) is 13.0 Å². The first-order valence-corrected chi connectivity index (χ1v) is 6.94. The summed E-state index contributed by atoms with van der Waals surface area (Å²) in [6, 6.07) is 12.3. The van der Waals surface area contributed by atoms with Crippen LogP contribution in [0, 0.1) is 0 Å². The van der Waals surface area contributed by atoms with Gasteiger partial charge in [0.2, 0.25) is 0 Å². The van der Waals surface area contributed by atoms with Crippen LogP contribution in [0.15, 0.2) is 54.9 Å². The number of rotatable bonds is 4. The topological polar surface area (TPSA) is 34.1 Å². The van der Waals surface area contributed by atoms with Gasteiger partial charge in [0.05, 0.1) is 6.20 Å². The van der Waals surface area contributed by atoms with E-state index in [1.54, 1.807) is 6.20 Å². The molecule has 0 saturated carbocycles. The quantitative estimate of drug-likeness (QED) is 0.923. The van der Waals surface area contributed by atoms with Crippen molar-refractivity contribution in [3.63, 3.8) is 0 Å². The van der Waals surface area contributed by atoms with Crippen molar-refractivity contribution >= 4 is 5.57 Å². The predicted octanol–water partition coefficient (Wildman–Crippen LogP) is 3.04. The Morgan fingerprint density at radius 2 is 2.05 bits per heavy atom. The monoisotopic (exact) mass is 266 g/mol. The number of aromatic nitrogens is 1. The highest BCUT2D eigenvalue weighted by molar-refractivity contribution is 5.66. The highest BCUT2D eigenvalue weighted by atomic mass is 16.5. The molecule has 0 amide bonds. The van der Waals surface area contributed by atoms with Crippen molar-refractivity contribution in [1.82, 2.24) is 10.3 Å². The lowest BCUT2D eigenvalue weighted by molar-refractivity contribution is 0.305. The Kier molecular flexibility index (Phi) is 4.09. The molecular weight excluding hydrogens is 248 g/mol. The third kappa shape index (κ3) is 3.25. The van der Waals surface area contributed by atoms with Gasteiger partial charge >= 0.3 is 0 Å². The van der Waals surface area contributed by atoms with E-state index in [0.717, 1.165) is 30.8 Å². The Hall–Kier alpha value is -2.13. The molecule has 0 saturated heterocycles. The smallest absolute Gasteiger partial charge is 0.138 e. The minimum absolute atomic E-state index is 0.576. The van der Waals surface area contributed by atoms with Gasteiger partial charge in [-0.1, -0.05) is 36.4 Å². The summed E-state index contributed by atoms with van der Waals surface area (Å²) in [5.41, 5.74) is 3.68. The van der Waals surface area contributed by atoms with Gasteiger partial charge in [-0.2, -0.15) is 0 Å². The maximum Gasteiger partial charge on any atom is 0.138 e. The number of benzene rings is 1. The summed E-state index contributed by atoms with van der Waals surface area (Å²) >= 11 is 0. The number of hydrogen-bond acceptors (Lipinski definition) is 3. The van der Waals surface area contributed by atoms with E-state index in [0.29, 0.717) is 6.61 Å². The van der Waals surface area contributed by atoms with Gasteiger partial charge in [0, 0.05) is 12.7 Å². The van der Waals surface area contributed by atoms with Crippen LogP contribution in [0.3, 0.4) is 0 Å². The van der Waals surface area contributed by atoms with Crippen molar-refractivity contribution < 1.29 is 4.74 Å². The average molecular weight is 266 g/mol. The van der Waals surface area contributed by atoms with E-state index in [4.69, 9.17) is 4.74 Å². The van der Waals surface area contributed by atoms with Crippen molar-refractivity contribution in [1.29, 1.82) is 0 Å². The SMILES string of the molecule is C1=C(c2cncc(OCc3ccccc3)c2)CCNC1. The second kappa shape index (κ2) is 6.35. The van der Waals surface area contributed by atoms with Crippen molar-refractivity contribution in [3.8, 4) is 5.75 Å². The molecule has 0 atom stereocenters. The summed E-state index contributed by atoms with van der Waals surface area (Å²) in [7, 11) is 0. The molecule has 0 fully saturated rings. The van der Waals surface area contributed by atoms with Gasteiger partial charge in [0.25, 0.3) is 0 Å². The van der Waals surface area contributed by atoms with Crippen LogP contribution in [-0.4, -0.2) is 18.1 Å². The minimum atomic E-state index is 0.576.